The van der Waals surface area contributed by atoms with Gasteiger partial charge in [0.05, 0.1) is 13.2 Å². The molecule has 0 saturated heterocycles. The van der Waals surface area contributed by atoms with Gasteiger partial charge in [-0.2, -0.15) is 0 Å². The van der Waals surface area contributed by atoms with Crippen molar-refractivity contribution in [2.45, 2.75) is 83.8 Å². The molecule has 0 fully saturated rings. The van der Waals surface area contributed by atoms with Crippen LogP contribution in [0.1, 0.15) is 71.6 Å². The van der Waals surface area contributed by atoms with E-state index in [2.05, 4.69) is 4.52 Å². The highest BCUT2D eigenvalue weighted by Gasteiger charge is 2.28. The molecule has 0 aliphatic rings. The third-order valence-electron chi connectivity index (χ3n) is 4.11. The average molecular weight is 469 g/mol. The highest BCUT2D eigenvalue weighted by molar-refractivity contribution is 7.47. The van der Waals surface area contributed by atoms with Crippen molar-refractivity contribution in [2.75, 3.05) is 19.8 Å². The molecule has 11 nitrogen and oxygen atoms in total. The molecule has 0 amide bonds. The third-order valence-corrected chi connectivity index (χ3v) is 5.06. The maximum absolute atomic E-state index is 12.0. The smallest absolute Gasteiger partial charge is 0.472 e. The van der Waals surface area contributed by atoms with E-state index in [1.54, 1.807) is 0 Å². The van der Waals surface area contributed by atoms with E-state index in [1.165, 1.54) is 0 Å². The molecule has 0 radical (unpaired) electrons. The summed E-state index contributed by atoms with van der Waals surface area (Å²) in [7, 11) is -4.66. The highest BCUT2D eigenvalue weighted by Crippen LogP contribution is 2.43. The minimum atomic E-state index is -4.66. The Labute approximate surface area is 183 Å². The number of hydrogen-bond acceptors (Lipinski definition) is 9. The Hall–Kier alpha value is -1.52. The quantitative estimate of drug-likeness (QED) is 0.144. The fraction of sp³-hybridized carbons (Fsp3) is 0.842. The molecule has 0 spiro atoms. The Morgan fingerprint density at radius 2 is 1.42 bits per heavy atom. The molecule has 3 atom stereocenters. The van der Waals surface area contributed by atoms with Crippen molar-refractivity contribution in [2.24, 2.45) is 5.73 Å². The highest BCUT2D eigenvalue weighted by atomic mass is 31.2. The summed E-state index contributed by atoms with van der Waals surface area (Å²) in [6.45, 7) is 2.35. The molecule has 0 aliphatic heterocycles. The molecular formula is C19H36NO10P. The Morgan fingerprint density at radius 1 is 0.871 bits per heavy atom. The number of esters is 2. The molecule has 3 unspecified atom stereocenters. The molecule has 12 heteroatoms. The van der Waals surface area contributed by atoms with E-state index in [4.69, 9.17) is 24.8 Å². The molecule has 0 heterocycles. The van der Waals surface area contributed by atoms with Crippen LogP contribution in [0.15, 0.2) is 0 Å². The molecule has 0 aromatic rings. The number of carbonyl (C=O) groups excluding carboxylic acids is 2. The van der Waals surface area contributed by atoms with Crippen LogP contribution in [0, 0.1) is 0 Å². The first kappa shape index (κ1) is 29.5. The monoisotopic (exact) mass is 469 g/mol. The molecule has 0 bridgehead atoms. The SMILES string of the molecule is CCCCCCC(=O)OC(COC(=O)CCCCC)COP(=O)(O)OCC(N)C(=O)O. The topological polar surface area (TPSA) is 172 Å². The standard InChI is InChI=1S/C19H36NO10P/c1-3-5-7-9-11-18(22)30-15(12-27-17(21)10-8-6-4-2)13-28-31(25,26)29-14-16(20)19(23)24/h15-16H,3-14,20H2,1-2H3,(H,23,24)(H,25,26). The molecule has 0 aromatic heterocycles. The number of carboxylic acid groups (broad SMARTS) is 1. The fourth-order valence-corrected chi connectivity index (χ4v) is 3.07. The Morgan fingerprint density at radius 3 is 2.03 bits per heavy atom. The number of phosphoric ester groups is 1. The summed E-state index contributed by atoms with van der Waals surface area (Å²) in [5.74, 6) is -2.44. The Kier molecular flexibility index (Phi) is 16.2. The number of hydrogen-bond donors (Lipinski definition) is 3. The zero-order valence-corrected chi connectivity index (χ0v) is 19.2. The number of phosphoric acid groups is 1. The lowest BCUT2D eigenvalue weighted by molar-refractivity contribution is -0.161. The summed E-state index contributed by atoms with van der Waals surface area (Å²) < 4.78 is 31.5. The van der Waals surface area contributed by atoms with Crippen LogP contribution >= 0.6 is 7.82 Å². The molecule has 0 saturated carbocycles. The van der Waals surface area contributed by atoms with Crippen molar-refractivity contribution in [3.8, 4) is 0 Å². The number of rotatable bonds is 19. The van der Waals surface area contributed by atoms with Crippen molar-refractivity contribution in [3.63, 3.8) is 0 Å². The summed E-state index contributed by atoms with van der Waals surface area (Å²) in [6, 6.07) is -1.51. The van der Waals surface area contributed by atoms with E-state index in [0.29, 0.717) is 12.8 Å². The second-order valence-corrected chi connectivity index (χ2v) is 8.52. The van der Waals surface area contributed by atoms with Gasteiger partial charge in [-0.1, -0.05) is 46.0 Å². The molecule has 4 N–H and O–H groups in total. The number of carboxylic acids is 1. The summed E-state index contributed by atoms with van der Waals surface area (Å²) in [4.78, 5) is 44.1. The van der Waals surface area contributed by atoms with Gasteiger partial charge in [-0.05, 0) is 12.8 Å². The first-order valence-electron chi connectivity index (χ1n) is 10.6. The van der Waals surface area contributed by atoms with Crippen molar-refractivity contribution in [1.82, 2.24) is 0 Å². The predicted molar refractivity (Wildman–Crippen MR) is 111 cm³/mol. The van der Waals surface area contributed by atoms with Crippen LogP contribution < -0.4 is 5.73 Å². The van der Waals surface area contributed by atoms with Crippen LogP contribution in [0.25, 0.3) is 0 Å². The first-order valence-corrected chi connectivity index (χ1v) is 12.1. The van der Waals surface area contributed by atoms with E-state index in [0.717, 1.165) is 32.1 Å². The lowest BCUT2D eigenvalue weighted by Gasteiger charge is -2.20. The van der Waals surface area contributed by atoms with Gasteiger partial charge in [0, 0.05) is 12.8 Å². The van der Waals surface area contributed by atoms with Gasteiger partial charge in [-0.3, -0.25) is 23.4 Å². The number of unbranched alkanes of at least 4 members (excludes halogenated alkanes) is 5. The summed E-state index contributed by atoms with van der Waals surface area (Å²) in [5.41, 5.74) is 5.21. The van der Waals surface area contributed by atoms with E-state index >= 15 is 0 Å². The van der Waals surface area contributed by atoms with Gasteiger partial charge < -0.3 is 25.2 Å². The van der Waals surface area contributed by atoms with Gasteiger partial charge in [-0.25, -0.2) is 4.57 Å². The Bertz CT molecular complexity index is 586. The van der Waals surface area contributed by atoms with Gasteiger partial charge in [-0.15, -0.1) is 0 Å². The summed E-state index contributed by atoms with van der Waals surface area (Å²) >= 11 is 0. The average Bonchev–Trinajstić information content (AvgIpc) is 2.71. The van der Waals surface area contributed by atoms with Crippen LogP contribution in [0.5, 0.6) is 0 Å². The normalized spacial score (nSPS) is 15.0. The lowest BCUT2D eigenvalue weighted by Crippen LogP contribution is -2.34. The maximum atomic E-state index is 12.0. The van der Waals surface area contributed by atoms with Crippen molar-refractivity contribution in [1.29, 1.82) is 0 Å². The predicted octanol–water partition coefficient (Wildman–Crippen LogP) is 2.54. The second kappa shape index (κ2) is 17.1. The molecule has 0 rings (SSSR count). The van der Waals surface area contributed by atoms with Crippen LogP contribution in [-0.4, -0.2) is 59.9 Å². The zero-order chi connectivity index (χ0) is 23.7. The number of nitrogens with two attached hydrogens (primary N) is 1. The molecule has 182 valence electrons. The minimum Gasteiger partial charge on any atom is -0.480 e. The lowest BCUT2D eigenvalue weighted by atomic mass is 10.1. The van der Waals surface area contributed by atoms with Crippen molar-refractivity contribution < 1.29 is 47.5 Å². The number of carbonyl (C=O) groups is 3. The maximum Gasteiger partial charge on any atom is 0.472 e. The molecule has 0 aliphatic carbocycles. The number of ether oxygens (including phenoxy) is 2. The van der Waals surface area contributed by atoms with Crippen LogP contribution in [0.3, 0.4) is 0 Å². The third kappa shape index (κ3) is 16.8. The molecular weight excluding hydrogens is 433 g/mol. The second-order valence-electron chi connectivity index (χ2n) is 7.07. The van der Waals surface area contributed by atoms with Gasteiger partial charge >= 0.3 is 25.7 Å². The van der Waals surface area contributed by atoms with Crippen LogP contribution in [-0.2, 0) is 37.5 Å². The summed E-state index contributed by atoms with van der Waals surface area (Å²) in [5, 5.41) is 8.68. The van der Waals surface area contributed by atoms with Gasteiger partial charge in [0.25, 0.3) is 0 Å². The van der Waals surface area contributed by atoms with E-state index < -0.39 is 51.1 Å². The van der Waals surface area contributed by atoms with Crippen LogP contribution in [0.2, 0.25) is 0 Å². The van der Waals surface area contributed by atoms with E-state index in [9.17, 15) is 23.8 Å². The molecule has 31 heavy (non-hydrogen) atoms. The Balaban J connectivity index is 4.69. The van der Waals surface area contributed by atoms with E-state index in [1.807, 2.05) is 13.8 Å². The largest absolute Gasteiger partial charge is 0.480 e. The number of aliphatic carboxylic acids is 1. The van der Waals surface area contributed by atoms with Crippen molar-refractivity contribution in [3.05, 3.63) is 0 Å². The fourth-order valence-electron chi connectivity index (χ4n) is 2.29. The van der Waals surface area contributed by atoms with Crippen molar-refractivity contribution >= 4 is 25.7 Å². The van der Waals surface area contributed by atoms with Gasteiger partial charge in [0.1, 0.15) is 12.6 Å². The zero-order valence-electron chi connectivity index (χ0n) is 18.3. The molecule has 0 aromatic carbocycles. The van der Waals surface area contributed by atoms with Gasteiger partial charge in [0.2, 0.25) is 0 Å². The van der Waals surface area contributed by atoms with Gasteiger partial charge in [0.15, 0.2) is 6.10 Å². The van der Waals surface area contributed by atoms with Crippen LogP contribution in [0.4, 0.5) is 0 Å². The minimum absolute atomic E-state index is 0.154. The van der Waals surface area contributed by atoms with E-state index in [-0.39, 0.29) is 19.4 Å². The first-order chi connectivity index (χ1) is 14.6. The summed E-state index contributed by atoms with van der Waals surface area (Å²) in [6.07, 6.45) is 5.21.